The maximum Gasteiger partial charge on any atom is 0.347 e. The van der Waals surface area contributed by atoms with Gasteiger partial charge in [-0.2, -0.15) is 0 Å². The minimum atomic E-state index is -0.571. The molecule has 0 fully saturated rings. The number of aryl methyl sites for hydroxylation is 2. The Balaban J connectivity index is 1.92. The lowest BCUT2D eigenvalue weighted by atomic mass is 9.69. The van der Waals surface area contributed by atoms with E-state index in [-0.39, 0.29) is 23.4 Å². The van der Waals surface area contributed by atoms with Gasteiger partial charge in [0, 0.05) is 11.8 Å². The van der Waals surface area contributed by atoms with Crippen molar-refractivity contribution >= 4 is 5.97 Å². The quantitative estimate of drug-likeness (QED) is 0.440. The average Bonchev–Trinajstić information content (AvgIpc) is 3.24. The molecule has 2 aromatic carbocycles. The van der Waals surface area contributed by atoms with Crippen LogP contribution in [0.2, 0.25) is 0 Å². The fourth-order valence-electron chi connectivity index (χ4n) is 4.95. The van der Waals surface area contributed by atoms with E-state index in [0.717, 1.165) is 41.0 Å². The molecular weight excluding hydrogens is 440 g/mol. The summed E-state index contributed by atoms with van der Waals surface area (Å²) in [6.07, 6.45) is 1.30. The Bertz CT molecular complexity index is 1050. The number of benzene rings is 2. The summed E-state index contributed by atoms with van der Waals surface area (Å²) in [7, 11) is 0. The molecule has 0 aromatic heterocycles. The monoisotopic (exact) mass is 482 g/mol. The van der Waals surface area contributed by atoms with E-state index < -0.39 is 12.2 Å². The Labute approximate surface area is 210 Å². The van der Waals surface area contributed by atoms with E-state index in [4.69, 9.17) is 14.2 Å². The van der Waals surface area contributed by atoms with Crippen LogP contribution in [0.25, 0.3) is 0 Å². The minimum Gasteiger partial charge on any atom is -0.491 e. The highest BCUT2D eigenvalue weighted by atomic mass is 16.6. The molecule has 2 atom stereocenters. The van der Waals surface area contributed by atoms with Crippen molar-refractivity contribution in [1.82, 2.24) is 0 Å². The number of esters is 1. The lowest BCUT2D eigenvalue weighted by Gasteiger charge is -2.34. The predicted molar refractivity (Wildman–Crippen MR) is 139 cm³/mol. The summed E-state index contributed by atoms with van der Waals surface area (Å²) in [6, 6.07) is 10.8. The SMILES string of the molecule is CCOC(=O)C1Cc2cc(C(CC)(CC)c3ccc(OCC(O)C(C)(C)C)c(C)c3)cc(C)c2O1. The van der Waals surface area contributed by atoms with Gasteiger partial charge in [-0.05, 0) is 72.9 Å². The summed E-state index contributed by atoms with van der Waals surface area (Å²) in [5.74, 6) is 1.31. The Morgan fingerprint density at radius 1 is 1.06 bits per heavy atom. The van der Waals surface area contributed by atoms with E-state index in [2.05, 4.69) is 52.0 Å². The number of aliphatic hydroxyl groups is 1. The number of aliphatic hydroxyl groups excluding tert-OH is 1. The van der Waals surface area contributed by atoms with Crippen LogP contribution in [-0.4, -0.2) is 36.5 Å². The lowest BCUT2D eigenvalue weighted by molar-refractivity contribution is -0.150. The highest BCUT2D eigenvalue weighted by Gasteiger charge is 2.36. The van der Waals surface area contributed by atoms with Crippen molar-refractivity contribution in [3.8, 4) is 11.5 Å². The molecule has 0 radical (unpaired) electrons. The minimum absolute atomic E-state index is 0.171. The van der Waals surface area contributed by atoms with E-state index in [1.54, 1.807) is 0 Å². The first kappa shape index (κ1) is 27.1. The van der Waals surface area contributed by atoms with Gasteiger partial charge in [0.15, 0.2) is 6.10 Å². The van der Waals surface area contributed by atoms with Crippen molar-refractivity contribution in [2.24, 2.45) is 5.41 Å². The van der Waals surface area contributed by atoms with Gasteiger partial charge >= 0.3 is 5.97 Å². The fourth-order valence-corrected chi connectivity index (χ4v) is 4.95. The molecule has 0 bridgehead atoms. The Kier molecular flexibility index (Phi) is 8.21. The Morgan fingerprint density at radius 2 is 1.71 bits per heavy atom. The summed E-state index contributed by atoms with van der Waals surface area (Å²) < 4.78 is 17.2. The van der Waals surface area contributed by atoms with Gasteiger partial charge in [0.1, 0.15) is 18.1 Å². The van der Waals surface area contributed by atoms with Gasteiger partial charge < -0.3 is 19.3 Å². The zero-order chi connectivity index (χ0) is 26.0. The molecule has 5 nitrogen and oxygen atoms in total. The summed E-state index contributed by atoms with van der Waals surface area (Å²) in [4.78, 5) is 12.3. The maximum absolute atomic E-state index is 12.3. The molecule has 0 saturated heterocycles. The molecule has 2 unspecified atom stereocenters. The third-order valence-electron chi connectivity index (χ3n) is 7.45. The first-order valence-electron chi connectivity index (χ1n) is 12.9. The van der Waals surface area contributed by atoms with E-state index in [0.29, 0.717) is 13.0 Å². The van der Waals surface area contributed by atoms with Crippen LogP contribution < -0.4 is 9.47 Å². The largest absolute Gasteiger partial charge is 0.491 e. The highest BCUT2D eigenvalue weighted by Crippen LogP contribution is 2.44. The molecule has 2 aromatic rings. The Morgan fingerprint density at radius 3 is 2.29 bits per heavy atom. The van der Waals surface area contributed by atoms with Crippen molar-refractivity contribution < 1.29 is 24.1 Å². The number of carbonyl (C=O) groups is 1. The standard InChI is InChI=1S/C30H42O5/c1-9-30(10-2,22-12-13-24(19(4)14-22)34-18-26(31)29(6,7)8)23-15-20(5)27-21(16-23)17-25(35-27)28(32)33-11-3/h12-16,25-26,31H,9-11,17-18H2,1-8H3. The molecule has 35 heavy (non-hydrogen) atoms. The van der Waals surface area contributed by atoms with Crippen LogP contribution in [0.1, 0.15) is 82.2 Å². The molecule has 5 heteroatoms. The normalized spacial score (nSPS) is 16.4. The molecule has 1 aliphatic heterocycles. The van der Waals surface area contributed by atoms with Gasteiger partial charge in [0.05, 0.1) is 12.7 Å². The second kappa shape index (κ2) is 10.6. The van der Waals surface area contributed by atoms with Crippen molar-refractivity contribution in [2.75, 3.05) is 13.2 Å². The third kappa shape index (κ3) is 5.50. The van der Waals surface area contributed by atoms with E-state index in [1.807, 2.05) is 33.8 Å². The number of carbonyl (C=O) groups excluding carboxylic acids is 1. The molecule has 1 heterocycles. The van der Waals surface area contributed by atoms with Gasteiger partial charge in [-0.1, -0.05) is 58.9 Å². The fraction of sp³-hybridized carbons (Fsp3) is 0.567. The Hall–Kier alpha value is -2.53. The van der Waals surface area contributed by atoms with Crippen LogP contribution in [0, 0.1) is 19.3 Å². The number of ether oxygens (including phenoxy) is 3. The molecule has 192 valence electrons. The van der Waals surface area contributed by atoms with Gasteiger partial charge in [-0.25, -0.2) is 4.79 Å². The number of rotatable bonds is 9. The molecule has 3 rings (SSSR count). The van der Waals surface area contributed by atoms with Crippen LogP contribution in [-0.2, 0) is 21.4 Å². The zero-order valence-corrected chi connectivity index (χ0v) is 22.7. The van der Waals surface area contributed by atoms with Gasteiger partial charge in [-0.15, -0.1) is 0 Å². The van der Waals surface area contributed by atoms with Crippen LogP contribution in [0.4, 0.5) is 0 Å². The highest BCUT2D eigenvalue weighted by molar-refractivity contribution is 5.77. The van der Waals surface area contributed by atoms with E-state index >= 15 is 0 Å². The molecule has 0 spiro atoms. The molecule has 0 saturated carbocycles. The number of hydrogen-bond donors (Lipinski definition) is 1. The summed E-state index contributed by atoms with van der Waals surface area (Å²) in [5.41, 5.74) is 5.25. The third-order valence-corrected chi connectivity index (χ3v) is 7.45. The second-order valence-electron chi connectivity index (χ2n) is 10.8. The van der Waals surface area contributed by atoms with Crippen LogP contribution in [0.15, 0.2) is 30.3 Å². The molecule has 1 N–H and O–H groups in total. The average molecular weight is 483 g/mol. The maximum atomic E-state index is 12.3. The van der Waals surface area contributed by atoms with Gasteiger partial charge in [0.2, 0.25) is 0 Å². The van der Waals surface area contributed by atoms with Crippen LogP contribution in [0.3, 0.4) is 0 Å². The van der Waals surface area contributed by atoms with Crippen LogP contribution in [0.5, 0.6) is 11.5 Å². The van der Waals surface area contributed by atoms with Crippen molar-refractivity contribution in [3.63, 3.8) is 0 Å². The molecule has 0 aliphatic carbocycles. The first-order valence-corrected chi connectivity index (χ1v) is 12.9. The van der Waals surface area contributed by atoms with Crippen molar-refractivity contribution in [1.29, 1.82) is 0 Å². The van der Waals surface area contributed by atoms with Gasteiger partial charge in [0.25, 0.3) is 0 Å². The van der Waals surface area contributed by atoms with Gasteiger partial charge in [-0.3, -0.25) is 0 Å². The zero-order valence-electron chi connectivity index (χ0n) is 22.7. The molecule has 0 amide bonds. The summed E-state index contributed by atoms with van der Waals surface area (Å²) in [6.45, 7) is 17.0. The summed E-state index contributed by atoms with van der Waals surface area (Å²) >= 11 is 0. The van der Waals surface area contributed by atoms with Crippen molar-refractivity contribution in [3.05, 3.63) is 58.1 Å². The topological polar surface area (TPSA) is 65.0 Å². The van der Waals surface area contributed by atoms with E-state index in [9.17, 15) is 9.90 Å². The van der Waals surface area contributed by atoms with Crippen molar-refractivity contribution in [2.45, 2.75) is 92.3 Å². The number of hydrogen-bond acceptors (Lipinski definition) is 5. The first-order chi connectivity index (χ1) is 16.5. The second-order valence-corrected chi connectivity index (χ2v) is 10.8. The summed E-state index contributed by atoms with van der Waals surface area (Å²) in [5, 5.41) is 10.4. The van der Waals surface area contributed by atoms with Crippen LogP contribution >= 0.6 is 0 Å². The molecular formula is C30H42O5. The lowest BCUT2D eigenvalue weighted by Crippen LogP contribution is -2.32. The smallest absolute Gasteiger partial charge is 0.347 e. The molecule has 1 aliphatic rings. The predicted octanol–water partition coefficient (Wildman–Crippen LogP) is 6.06. The number of fused-ring (bicyclic) bond motifs is 1. The van der Waals surface area contributed by atoms with E-state index in [1.165, 1.54) is 11.1 Å².